The van der Waals surface area contributed by atoms with Gasteiger partial charge in [0.2, 0.25) is 11.7 Å². The van der Waals surface area contributed by atoms with Crippen LogP contribution in [-0.2, 0) is 16.1 Å². The lowest BCUT2D eigenvalue weighted by atomic mass is 10.2. The monoisotopic (exact) mass is 570 g/mol. The number of halogens is 3. The van der Waals surface area contributed by atoms with E-state index in [4.69, 9.17) is 10.5 Å². The number of amides is 1. The molecule has 1 aliphatic carbocycles. The van der Waals surface area contributed by atoms with Crippen LogP contribution in [0.1, 0.15) is 37.1 Å². The largest absolute Gasteiger partial charge is 0.463 e. The van der Waals surface area contributed by atoms with Gasteiger partial charge in [-0.3, -0.25) is 24.7 Å². The third kappa shape index (κ3) is 5.75. The van der Waals surface area contributed by atoms with Crippen LogP contribution in [0.25, 0.3) is 0 Å². The van der Waals surface area contributed by atoms with Crippen LogP contribution in [0.4, 0.5) is 36.4 Å². The highest BCUT2D eigenvalue weighted by Crippen LogP contribution is 2.40. The van der Waals surface area contributed by atoms with E-state index in [0.29, 0.717) is 37.3 Å². The molecule has 3 aromatic rings. The number of aromatic amines is 1. The van der Waals surface area contributed by atoms with Gasteiger partial charge in [0.15, 0.2) is 17.7 Å². The number of nitrogens with two attached hydrogens (primary N) is 1. The van der Waals surface area contributed by atoms with E-state index in [1.807, 2.05) is 12.1 Å². The van der Waals surface area contributed by atoms with Gasteiger partial charge in [-0.15, -0.1) is 0 Å². The Kier molecular flexibility index (Phi) is 6.89. The van der Waals surface area contributed by atoms with E-state index in [2.05, 4.69) is 40.3 Å². The summed E-state index contributed by atoms with van der Waals surface area (Å²) in [5, 5.41) is 10.6. The molecule has 0 bridgehead atoms. The second kappa shape index (κ2) is 10.5. The highest BCUT2D eigenvalue weighted by molar-refractivity contribution is 5.97. The predicted octanol–water partition coefficient (Wildman–Crippen LogP) is 2.98. The minimum Gasteiger partial charge on any atom is -0.463 e. The molecule has 3 aliphatic rings. The topological polar surface area (TPSA) is 141 Å². The fraction of sp³-hybridized carbons (Fsp3) is 0.423. The molecule has 1 unspecified atom stereocenters. The molecule has 216 valence electrons. The van der Waals surface area contributed by atoms with Crippen molar-refractivity contribution in [2.75, 3.05) is 41.3 Å². The van der Waals surface area contributed by atoms with Crippen molar-refractivity contribution < 1.29 is 22.7 Å². The molecule has 1 atom stereocenters. The number of hydrogen-bond donors (Lipinski definition) is 3. The number of nitrogens with one attached hydrogen (secondary N) is 2. The van der Waals surface area contributed by atoms with E-state index in [0.717, 1.165) is 35.2 Å². The Labute approximate surface area is 233 Å². The number of pyridine rings is 1. The van der Waals surface area contributed by atoms with E-state index in [-0.39, 0.29) is 5.69 Å². The van der Waals surface area contributed by atoms with Crippen molar-refractivity contribution in [3.8, 4) is 0 Å². The summed E-state index contributed by atoms with van der Waals surface area (Å²) < 4.78 is 45.1. The molecule has 1 saturated heterocycles. The second-order valence-electron chi connectivity index (χ2n) is 10.2. The number of piperazine rings is 1. The molecule has 15 heteroatoms. The molecule has 3 aromatic heterocycles. The first-order valence-electron chi connectivity index (χ1n) is 13.3. The van der Waals surface area contributed by atoms with Gasteiger partial charge in [-0.1, -0.05) is 0 Å². The smallest absolute Gasteiger partial charge is 0.451 e. The zero-order valence-corrected chi connectivity index (χ0v) is 22.2. The number of anilines is 4. The first-order chi connectivity index (χ1) is 19.7. The first kappa shape index (κ1) is 26.8. The summed E-state index contributed by atoms with van der Waals surface area (Å²) >= 11 is 0. The summed E-state index contributed by atoms with van der Waals surface area (Å²) in [6, 6.07) is 7.16. The van der Waals surface area contributed by atoms with E-state index in [9.17, 15) is 18.0 Å². The lowest BCUT2D eigenvalue weighted by molar-refractivity contribution is -0.134. The van der Waals surface area contributed by atoms with Crippen LogP contribution >= 0.6 is 0 Å². The van der Waals surface area contributed by atoms with Gasteiger partial charge in [-0.05, 0) is 38.0 Å². The first-order valence-corrected chi connectivity index (χ1v) is 13.3. The normalized spacial score (nSPS) is 20.0. The molecule has 4 N–H and O–H groups in total. The third-order valence-corrected chi connectivity index (χ3v) is 7.24. The average molecular weight is 571 g/mol. The van der Waals surface area contributed by atoms with E-state index in [1.165, 1.54) is 26.0 Å². The van der Waals surface area contributed by atoms with Gasteiger partial charge >= 0.3 is 6.18 Å². The molecule has 2 fully saturated rings. The van der Waals surface area contributed by atoms with Gasteiger partial charge in [0.25, 0.3) is 5.91 Å². The molecule has 0 spiro atoms. The summed E-state index contributed by atoms with van der Waals surface area (Å²) in [6.45, 7) is 4.88. The number of nitrogens with zero attached hydrogens (tertiary/aromatic N) is 7. The van der Waals surface area contributed by atoms with Crippen LogP contribution in [0.2, 0.25) is 0 Å². The van der Waals surface area contributed by atoms with Crippen molar-refractivity contribution in [1.82, 2.24) is 30.0 Å². The van der Waals surface area contributed by atoms with E-state index < -0.39 is 29.8 Å². The number of allylic oxidation sites excluding steroid dienone is 1. The second-order valence-corrected chi connectivity index (χ2v) is 10.2. The molecule has 1 saturated carbocycles. The lowest BCUT2D eigenvalue weighted by Crippen LogP contribution is -2.46. The quantitative estimate of drug-likeness (QED) is 0.370. The van der Waals surface area contributed by atoms with Gasteiger partial charge < -0.3 is 20.7 Å². The Morgan fingerprint density at radius 3 is 2.59 bits per heavy atom. The number of ether oxygens (including phenoxy) is 1. The summed E-state index contributed by atoms with van der Waals surface area (Å²) in [5.74, 6) is 0.00400. The van der Waals surface area contributed by atoms with E-state index >= 15 is 0 Å². The Balaban J connectivity index is 1.05. The molecule has 0 radical (unpaired) electrons. The van der Waals surface area contributed by atoms with Gasteiger partial charge in [0.1, 0.15) is 5.82 Å². The van der Waals surface area contributed by atoms with Crippen LogP contribution in [-0.4, -0.2) is 74.5 Å². The maximum absolute atomic E-state index is 13.4. The van der Waals surface area contributed by atoms with Crippen LogP contribution in [0.5, 0.6) is 0 Å². The SMILES string of the molecule is CC1OC(C(F)(F)F)=C(C(N)=O)N1c1ccc(CN2CCN(c3nccc(Nc4cc(C5CC5)[nH]n4)n3)CC2)nc1. The van der Waals surface area contributed by atoms with Crippen molar-refractivity contribution in [2.24, 2.45) is 5.73 Å². The summed E-state index contributed by atoms with van der Waals surface area (Å²) in [5.41, 5.74) is 6.70. The van der Waals surface area contributed by atoms with Gasteiger partial charge in [0, 0.05) is 56.6 Å². The Morgan fingerprint density at radius 1 is 1.15 bits per heavy atom. The van der Waals surface area contributed by atoms with Gasteiger partial charge in [-0.25, -0.2) is 4.98 Å². The molecule has 6 rings (SSSR count). The van der Waals surface area contributed by atoms with Crippen molar-refractivity contribution >= 4 is 29.2 Å². The van der Waals surface area contributed by atoms with Crippen molar-refractivity contribution in [3.05, 3.63) is 59.5 Å². The molecule has 12 nitrogen and oxygen atoms in total. The molecule has 0 aromatic carbocycles. The number of alkyl halides is 3. The Bertz CT molecular complexity index is 1450. The van der Waals surface area contributed by atoms with Crippen molar-refractivity contribution in [3.63, 3.8) is 0 Å². The minimum atomic E-state index is -4.84. The number of aromatic nitrogens is 5. The number of carbonyl (C=O) groups excluding carboxylic acids is 1. The highest BCUT2D eigenvalue weighted by Gasteiger charge is 2.48. The number of rotatable bonds is 8. The molecular formula is C26H29F3N10O2. The zero-order valence-electron chi connectivity index (χ0n) is 22.2. The number of hydrogen-bond acceptors (Lipinski definition) is 10. The van der Waals surface area contributed by atoms with Crippen molar-refractivity contribution in [1.29, 1.82) is 0 Å². The standard InChI is InChI=1S/C26H29F3N10O2/c1-15-39(22(24(30)40)23(41-15)26(27,28)29)18-5-4-17(32-13-18)14-37-8-10-38(11-9-37)25-31-7-6-20(34-25)33-21-12-19(35-36-21)16-2-3-16/h4-7,12-13,15-16H,2-3,8-11,14H2,1H3,(H2,30,40)(H2,31,33,34,35,36). The highest BCUT2D eigenvalue weighted by atomic mass is 19.4. The van der Waals surface area contributed by atoms with Crippen LogP contribution in [0, 0.1) is 0 Å². The third-order valence-electron chi connectivity index (χ3n) is 7.24. The van der Waals surface area contributed by atoms with Gasteiger partial charge in [-0.2, -0.15) is 23.3 Å². The van der Waals surface area contributed by atoms with Crippen LogP contribution in [0.15, 0.2) is 48.1 Å². The predicted molar refractivity (Wildman–Crippen MR) is 143 cm³/mol. The minimum absolute atomic E-state index is 0.281. The zero-order chi connectivity index (χ0) is 28.7. The van der Waals surface area contributed by atoms with Gasteiger partial charge in [0.05, 0.1) is 17.6 Å². The fourth-order valence-corrected chi connectivity index (χ4v) is 5.03. The average Bonchev–Trinajstić information content (AvgIpc) is 3.58. The summed E-state index contributed by atoms with van der Waals surface area (Å²) in [6.07, 6.45) is -0.370. The number of carbonyl (C=O) groups is 1. The Morgan fingerprint density at radius 2 is 1.93 bits per heavy atom. The molecular weight excluding hydrogens is 541 g/mol. The maximum atomic E-state index is 13.4. The number of H-pyrrole nitrogens is 1. The maximum Gasteiger partial charge on any atom is 0.451 e. The van der Waals surface area contributed by atoms with Crippen LogP contribution in [0.3, 0.4) is 0 Å². The van der Waals surface area contributed by atoms with Crippen LogP contribution < -0.4 is 20.9 Å². The molecule has 1 amide bonds. The summed E-state index contributed by atoms with van der Waals surface area (Å²) in [4.78, 5) is 30.9. The lowest BCUT2D eigenvalue weighted by Gasteiger charge is -2.34. The molecule has 2 aliphatic heterocycles. The Hall–Kier alpha value is -4.40. The number of primary amides is 1. The fourth-order valence-electron chi connectivity index (χ4n) is 5.03. The van der Waals surface area contributed by atoms with Crippen molar-refractivity contribution in [2.45, 2.75) is 44.6 Å². The summed E-state index contributed by atoms with van der Waals surface area (Å²) in [7, 11) is 0. The molecule has 41 heavy (non-hydrogen) atoms. The molecule has 5 heterocycles. The van der Waals surface area contributed by atoms with E-state index in [1.54, 1.807) is 18.3 Å².